The molecule has 0 spiro atoms. The van der Waals surface area contributed by atoms with E-state index in [1.54, 1.807) is 0 Å². The maximum Gasteiger partial charge on any atom is 0.240 e. The number of aromatic nitrogens is 2. The number of piperidine rings is 1. The molecule has 2 unspecified atom stereocenters. The summed E-state index contributed by atoms with van der Waals surface area (Å²) in [5.41, 5.74) is 0. The van der Waals surface area contributed by atoms with Gasteiger partial charge in [-0.05, 0) is 24.7 Å². The molecule has 0 radical (unpaired) electrons. The van der Waals surface area contributed by atoms with E-state index in [9.17, 15) is 0 Å². The summed E-state index contributed by atoms with van der Waals surface area (Å²) in [5.74, 6) is 3.17. The number of hydrogen-bond acceptors (Lipinski definition) is 4. The Morgan fingerprint density at radius 1 is 1.29 bits per heavy atom. The highest BCUT2D eigenvalue weighted by Crippen LogP contribution is 2.22. The molecule has 1 fully saturated rings. The SMILES string of the molecule is CCCc1noc(CN2CC(C)CC(C)C2)n1. The van der Waals surface area contributed by atoms with Gasteiger partial charge in [-0.15, -0.1) is 0 Å². The number of likely N-dealkylation sites (tertiary alicyclic amines) is 1. The van der Waals surface area contributed by atoms with Crippen LogP contribution in [0.15, 0.2) is 4.52 Å². The van der Waals surface area contributed by atoms with Crippen LogP contribution in [0.4, 0.5) is 0 Å². The minimum absolute atomic E-state index is 0.773. The summed E-state index contributed by atoms with van der Waals surface area (Å²) >= 11 is 0. The van der Waals surface area contributed by atoms with E-state index in [1.165, 1.54) is 6.42 Å². The lowest BCUT2D eigenvalue weighted by atomic mass is 9.92. The minimum Gasteiger partial charge on any atom is -0.338 e. The van der Waals surface area contributed by atoms with Gasteiger partial charge in [-0.3, -0.25) is 4.90 Å². The van der Waals surface area contributed by atoms with E-state index in [0.717, 1.165) is 56.0 Å². The smallest absolute Gasteiger partial charge is 0.240 e. The summed E-state index contributed by atoms with van der Waals surface area (Å²) in [6, 6.07) is 0. The second-order valence-corrected chi connectivity index (χ2v) is 5.49. The third kappa shape index (κ3) is 3.53. The first kappa shape index (κ1) is 12.6. The molecule has 0 aromatic carbocycles. The molecule has 1 aromatic rings. The Balaban J connectivity index is 1.90. The molecule has 0 amide bonds. The zero-order valence-corrected chi connectivity index (χ0v) is 11.1. The van der Waals surface area contributed by atoms with Gasteiger partial charge in [0, 0.05) is 19.5 Å². The molecule has 1 aliphatic heterocycles. The van der Waals surface area contributed by atoms with Gasteiger partial charge in [-0.25, -0.2) is 0 Å². The van der Waals surface area contributed by atoms with Gasteiger partial charge in [0.05, 0.1) is 6.54 Å². The molecule has 17 heavy (non-hydrogen) atoms. The topological polar surface area (TPSA) is 42.2 Å². The van der Waals surface area contributed by atoms with Crippen molar-refractivity contribution in [1.29, 1.82) is 0 Å². The van der Waals surface area contributed by atoms with Gasteiger partial charge in [0.15, 0.2) is 5.82 Å². The Bertz CT molecular complexity index is 340. The van der Waals surface area contributed by atoms with Crippen LogP contribution in [0.25, 0.3) is 0 Å². The second-order valence-electron chi connectivity index (χ2n) is 5.49. The first-order valence-corrected chi connectivity index (χ1v) is 6.71. The van der Waals surface area contributed by atoms with Crippen LogP contribution in [0.5, 0.6) is 0 Å². The molecule has 4 nitrogen and oxygen atoms in total. The van der Waals surface area contributed by atoms with E-state index in [1.807, 2.05) is 0 Å². The summed E-state index contributed by atoms with van der Waals surface area (Å²) in [6.45, 7) is 9.87. The Morgan fingerprint density at radius 3 is 2.65 bits per heavy atom. The van der Waals surface area contributed by atoms with Gasteiger partial charge < -0.3 is 4.52 Å². The van der Waals surface area contributed by atoms with E-state index in [0.29, 0.717) is 0 Å². The van der Waals surface area contributed by atoms with Gasteiger partial charge in [0.25, 0.3) is 0 Å². The molecule has 2 rings (SSSR count). The molecule has 96 valence electrons. The van der Waals surface area contributed by atoms with Gasteiger partial charge in [0.2, 0.25) is 5.89 Å². The lowest BCUT2D eigenvalue weighted by Crippen LogP contribution is -2.38. The van der Waals surface area contributed by atoms with E-state index in [2.05, 4.69) is 35.8 Å². The number of aryl methyl sites for hydroxylation is 1. The molecule has 4 heteroatoms. The Hall–Kier alpha value is -0.900. The van der Waals surface area contributed by atoms with Crippen LogP contribution in [-0.4, -0.2) is 28.1 Å². The summed E-state index contributed by atoms with van der Waals surface area (Å²) in [5, 5.41) is 4.00. The monoisotopic (exact) mass is 237 g/mol. The Kier molecular flexibility index (Phi) is 4.15. The van der Waals surface area contributed by atoms with Crippen LogP contribution in [-0.2, 0) is 13.0 Å². The quantitative estimate of drug-likeness (QED) is 0.807. The van der Waals surface area contributed by atoms with Gasteiger partial charge >= 0.3 is 0 Å². The van der Waals surface area contributed by atoms with Crippen molar-refractivity contribution in [3.05, 3.63) is 11.7 Å². The zero-order chi connectivity index (χ0) is 12.3. The summed E-state index contributed by atoms with van der Waals surface area (Å²) < 4.78 is 5.29. The van der Waals surface area contributed by atoms with Gasteiger partial charge in [-0.2, -0.15) is 4.98 Å². The fraction of sp³-hybridized carbons (Fsp3) is 0.846. The summed E-state index contributed by atoms with van der Waals surface area (Å²) in [4.78, 5) is 6.86. The fourth-order valence-corrected chi connectivity index (χ4v) is 2.79. The molecule has 2 atom stereocenters. The fourth-order valence-electron chi connectivity index (χ4n) is 2.79. The lowest BCUT2D eigenvalue weighted by molar-refractivity contribution is 0.121. The van der Waals surface area contributed by atoms with Crippen molar-refractivity contribution < 1.29 is 4.52 Å². The van der Waals surface area contributed by atoms with Gasteiger partial charge in [-0.1, -0.05) is 25.9 Å². The maximum atomic E-state index is 5.29. The molecule has 1 aromatic heterocycles. The van der Waals surface area contributed by atoms with Crippen molar-refractivity contribution in [2.75, 3.05) is 13.1 Å². The molecule has 0 saturated carbocycles. The normalized spacial score (nSPS) is 26.3. The summed E-state index contributed by atoms with van der Waals surface area (Å²) in [6.07, 6.45) is 3.31. The van der Waals surface area contributed by atoms with Crippen molar-refractivity contribution >= 4 is 0 Å². The van der Waals surface area contributed by atoms with Crippen LogP contribution < -0.4 is 0 Å². The third-order valence-electron chi connectivity index (χ3n) is 3.29. The van der Waals surface area contributed by atoms with E-state index < -0.39 is 0 Å². The van der Waals surface area contributed by atoms with E-state index >= 15 is 0 Å². The predicted octanol–water partition coefficient (Wildman–Crippen LogP) is 2.50. The molecule has 1 saturated heterocycles. The first-order chi connectivity index (χ1) is 8.17. The molecular weight excluding hydrogens is 214 g/mol. The van der Waals surface area contributed by atoms with Crippen LogP contribution in [0.2, 0.25) is 0 Å². The third-order valence-corrected chi connectivity index (χ3v) is 3.29. The van der Waals surface area contributed by atoms with Crippen molar-refractivity contribution in [2.24, 2.45) is 11.8 Å². The van der Waals surface area contributed by atoms with Crippen molar-refractivity contribution in [1.82, 2.24) is 15.0 Å². The molecule has 0 aliphatic carbocycles. The molecule has 1 aliphatic rings. The number of nitrogens with zero attached hydrogens (tertiary/aromatic N) is 3. The van der Waals surface area contributed by atoms with Crippen molar-refractivity contribution in [3.63, 3.8) is 0 Å². The Morgan fingerprint density at radius 2 is 2.00 bits per heavy atom. The van der Waals surface area contributed by atoms with E-state index in [-0.39, 0.29) is 0 Å². The number of hydrogen-bond donors (Lipinski definition) is 0. The maximum absolute atomic E-state index is 5.29. The molecule has 2 heterocycles. The highest BCUT2D eigenvalue weighted by molar-refractivity contribution is 4.87. The van der Waals surface area contributed by atoms with E-state index in [4.69, 9.17) is 4.52 Å². The van der Waals surface area contributed by atoms with Gasteiger partial charge in [0.1, 0.15) is 0 Å². The van der Waals surface area contributed by atoms with Crippen LogP contribution in [0, 0.1) is 11.8 Å². The first-order valence-electron chi connectivity index (χ1n) is 6.71. The molecule has 0 bridgehead atoms. The average molecular weight is 237 g/mol. The lowest BCUT2D eigenvalue weighted by Gasteiger charge is -2.33. The van der Waals surface area contributed by atoms with Crippen molar-refractivity contribution in [3.8, 4) is 0 Å². The molecular formula is C13H23N3O. The van der Waals surface area contributed by atoms with Crippen LogP contribution in [0.1, 0.15) is 45.3 Å². The van der Waals surface area contributed by atoms with Crippen molar-refractivity contribution in [2.45, 2.75) is 46.6 Å². The average Bonchev–Trinajstić information content (AvgIpc) is 2.64. The predicted molar refractivity (Wildman–Crippen MR) is 66.5 cm³/mol. The standard InChI is InChI=1S/C13H23N3O/c1-4-5-12-14-13(17-15-12)9-16-7-10(2)6-11(3)8-16/h10-11H,4-9H2,1-3H3. The largest absolute Gasteiger partial charge is 0.338 e. The number of rotatable bonds is 4. The molecule has 0 N–H and O–H groups in total. The van der Waals surface area contributed by atoms with Crippen LogP contribution >= 0.6 is 0 Å². The summed E-state index contributed by atoms with van der Waals surface area (Å²) in [7, 11) is 0. The highest BCUT2D eigenvalue weighted by atomic mass is 16.5. The zero-order valence-electron chi connectivity index (χ0n) is 11.1. The highest BCUT2D eigenvalue weighted by Gasteiger charge is 2.23. The van der Waals surface area contributed by atoms with Crippen LogP contribution in [0.3, 0.4) is 0 Å². The minimum atomic E-state index is 0.773. The Labute approximate surface area is 103 Å². The second kappa shape index (κ2) is 5.63.